The van der Waals surface area contributed by atoms with Gasteiger partial charge >= 0.3 is 0 Å². The van der Waals surface area contributed by atoms with Crippen LogP contribution in [-0.2, 0) is 0 Å². The molecule has 1 unspecified atom stereocenters. The predicted molar refractivity (Wildman–Crippen MR) is 79.4 cm³/mol. The lowest BCUT2D eigenvalue weighted by Gasteiger charge is -2.18. The van der Waals surface area contributed by atoms with Crippen LogP contribution in [-0.4, -0.2) is 0 Å². The second-order valence-electron chi connectivity index (χ2n) is 4.71. The van der Waals surface area contributed by atoms with E-state index >= 15 is 0 Å². The fourth-order valence-electron chi connectivity index (χ4n) is 1.97. The highest BCUT2D eigenvalue weighted by Crippen LogP contribution is 2.29. The third kappa shape index (κ3) is 2.85. The molecule has 0 saturated heterocycles. The van der Waals surface area contributed by atoms with Crippen molar-refractivity contribution >= 4 is 17.3 Å². The van der Waals surface area contributed by atoms with Crippen molar-refractivity contribution in [2.45, 2.75) is 26.8 Å². The van der Waals surface area contributed by atoms with Gasteiger partial charge < -0.3 is 5.32 Å². The van der Waals surface area contributed by atoms with E-state index in [9.17, 15) is 0 Å². The van der Waals surface area contributed by atoms with Gasteiger partial charge in [0.05, 0.1) is 10.7 Å². The SMILES string of the molecule is Cc1ccc(C(C)Nc2c(C)cccc2Cl)cc1. The molecular formula is C16H18ClN. The van der Waals surface area contributed by atoms with Crippen LogP contribution in [0.4, 0.5) is 5.69 Å². The summed E-state index contributed by atoms with van der Waals surface area (Å²) >= 11 is 6.22. The van der Waals surface area contributed by atoms with E-state index in [0.717, 1.165) is 10.7 Å². The van der Waals surface area contributed by atoms with E-state index in [-0.39, 0.29) is 6.04 Å². The van der Waals surface area contributed by atoms with Crippen LogP contribution in [0, 0.1) is 13.8 Å². The Bertz CT molecular complexity index is 511. The summed E-state index contributed by atoms with van der Waals surface area (Å²) in [6, 6.07) is 14.8. The predicted octanol–water partition coefficient (Wildman–Crippen LogP) is 5.13. The number of nitrogens with one attached hydrogen (secondary N) is 1. The smallest absolute Gasteiger partial charge is 0.0640 e. The molecule has 1 nitrogen and oxygen atoms in total. The molecule has 94 valence electrons. The minimum atomic E-state index is 0.240. The first-order valence-corrected chi connectivity index (χ1v) is 6.54. The van der Waals surface area contributed by atoms with Crippen molar-refractivity contribution in [2.75, 3.05) is 5.32 Å². The Kier molecular flexibility index (Phi) is 3.93. The number of hydrogen-bond acceptors (Lipinski definition) is 1. The number of aryl methyl sites for hydroxylation is 2. The van der Waals surface area contributed by atoms with Gasteiger partial charge in [0.1, 0.15) is 0 Å². The minimum Gasteiger partial charge on any atom is -0.377 e. The summed E-state index contributed by atoms with van der Waals surface area (Å²) in [7, 11) is 0. The molecule has 1 N–H and O–H groups in total. The summed E-state index contributed by atoms with van der Waals surface area (Å²) in [6.07, 6.45) is 0. The Labute approximate surface area is 114 Å². The van der Waals surface area contributed by atoms with Gasteiger partial charge in [0, 0.05) is 6.04 Å². The fourth-order valence-corrected chi connectivity index (χ4v) is 2.25. The zero-order valence-corrected chi connectivity index (χ0v) is 11.8. The lowest BCUT2D eigenvalue weighted by Crippen LogP contribution is -2.08. The summed E-state index contributed by atoms with van der Waals surface area (Å²) in [4.78, 5) is 0. The van der Waals surface area contributed by atoms with E-state index in [2.05, 4.69) is 56.4 Å². The second-order valence-corrected chi connectivity index (χ2v) is 5.12. The van der Waals surface area contributed by atoms with Crippen LogP contribution in [0.5, 0.6) is 0 Å². The molecule has 0 aliphatic rings. The number of anilines is 1. The largest absolute Gasteiger partial charge is 0.377 e. The monoisotopic (exact) mass is 259 g/mol. The van der Waals surface area contributed by atoms with Gasteiger partial charge in [-0.1, -0.05) is 53.6 Å². The van der Waals surface area contributed by atoms with Crippen LogP contribution < -0.4 is 5.32 Å². The molecule has 0 aromatic heterocycles. The Balaban J connectivity index is 2.21. The maximum atomic E-state index is 6.22. The third-order valence-electron chi connectivity index (χ3n) is 3.16. The van der Waals surface area contributed by atoms with E-state index in [1.807, 2.05) is 12.1 Å². The van der Waals surface area contributed by atoms with E-state index in [1.165, 1.54) is 16.7 Å². The highest BCUT2D eigenvalue weighted by Gasteiger charge is 2.09. The standard InChI is InChI=1S/C16H18ClN/c1-11-7-9-14(10-8-11)13(3)18-16-12(2)5-4-6-15(16)17/h4-10,13,18H,1-3H3. The number of halogens is 1. The van der Waals surface area contributed by atoms with Crippen molar-refractivity contribution in [3.05, 3.63) is 64.2 Å². The molecule has 1 atom stereocenters. The first-order valence-electron chi connectivity index (χ1n) is 6.16. The lowest BCUT2D eigenvalue weighted by molar-refractivity contribution is 0.882. The van der Waals surface area contributed by atoms with E-state index in [1.54, 1.807) is 0 Å². The minimum absolute atomic E-state index is 0.240. The van der Waals surface area contributed by atoms with Gasteiger partial charge in [-0.3, -0.25) is 0 Å². The van der Waals surface area contributed by atoms with Crippen molar-refractivity contribution in [3.8, 4) is 0 Å². The Morgan fingerprint density at radius 1 is 1.00 bits per heavy atom. The lowest BCUT2D eigenvalue weighted by atomic mass is 10.1. The molecule has 0 aliphatic heterocycles. The first-order chi connectivity index (χ1) is 8.58. The normalized spacial score (nSPS) is 12.2. The van der Waals surface area contributed by atoms with Crippen LogP contribution in [0.1, 0.15) is 29.7 Å². The Morgan fingerprint density at radius 3 is 2.28 bits per heavy atom. The van der Waals surface area contributed by atoms with E-state index < -0.39 is 0 Å². The zero-order valence-electron chi connectivity index (χ0n) is 11.0. The van der Waals surface area contributed by atoms with Crippen LogP contribution in [0.3, 0.4) is 0 Å². The maximum absolute atomic E-state index is 6.22. The van der Waals surface area contributed by atoms with Gasteiger partial charge in [0.15, 0.2) is 0 Å². The van der Waals surface area contributed by atoms with Gasteiger partial charge in [-0.25, -0.2) is 0 Å². The molecule has 2 aromatic rings. The van der Waals surface area contributed by atoms with Crippen molar-refractivity contribution in [1.29, 1.82) is 0 Å². The van der Waals surface area contributed by atoms with Crippen molar-refractivity contribution in [2.24, 2.45) is 0 Å². The van der Waals surface area contributed by atoms with Crippen LogP contribution >= 0.6 is 11.6 Å². The molecule has 0 saturated carbocycles. The van der Waals surface area contributed by atoms with Crippen molar-refractivity contribution in [3.63, 3.8) is 0 Å². The van der Waals surface area contributed by atoms with Crippen LogP contribution in [0.15, 0.2) is 42.5 Å². The molecule has 0 fully saturated rings. The van der Waals surface area contributed by atoms with Gasteiger partial charge in [0.2, 0.25) is 0 Å². The average molecular weight is 260 g/mol. The molecule has 2 aromatic carbocycles. The average Bonchev–Trinajstić information content (AvgIpc) is 2.34. The van der Waals surface area contributed by atoms with Gasteiger partial charge in [-0.15, -0.1) is 0 Å². The number of para-hydroxylation sites is 1. The van der Waals surface area contributed by atoms with E-state index in [4.69, 9.17) is 11.6 Å². The fraction of sp³-hybridized carbons (Fsp3) is 0.250. The molecule has 2 heteroatoms. The molecule has 0 amide bonds. The molecule has 0 heterocycles. The zero-order chi connectivity index (χ0) is 13.1. The Morgan fingerprint density at radius 2 is 1.67 bits per heavy atom. The van der Waals surface area contributed by atoms with Crippen molar-refractivity contribution < 1.29 is 0 Å². The number of rotatable bonds is 3. The van der Waals surface area contributed by atoms with Crippen molar-refractivity contribution in [1.82, 2.24) is 0 Å². The van der Waals surface area contributed by atoms with Gasteiger partial charge in [0.25, 0.3) is 0 Å². The third-order valence-corrected chi connectivity index (χ3v) is 3.48. The molecule has 0 spiro atoms. The van der Waals surface area contributed by atoms with Gasteiger partial charge in [-0.05, 0) is 38.0 Å². The number of hydrogen-bond donors (Lipinski definition) is 1. The first kappa shape index (κ1) is 13.0. The summed E-state index contributed by atoms with van der Waals surface area (Å²) in [5, 5.41) is 4.25. The molecule has 18 heavy (non-hydrogen) atoms. The summed E-state index contributed by atoms with van der Waals surface area (Å²) in [5.74, 6) is 0. The maximum Gasteiger partial charge on any atom is 0.0640 e. The molecule has 0 aliphatic carbocycles. The summed E-state index contributed by atoms with van der Waals surface area (Å²) < 4.78 is 0. The second kappa shape index (κ2) is 5.45. The molecule has 0 bridgehead atoms. The molecule has 2 rings (SSSR count). The summed E-state index contributed by atoms with van der Waals surface area (Å²) in [5.41, 5.74) is 4.73. The number of benzene rings is 2. The Hall–Kier alpha value is -1.47. The molecule has 0 radical (unpaired) electrons. The quantitative estimate of drug-likeness (QED) is 0.806. The highest BCUT2D eigenvalue weighted by molar-refractivity contribution is 6.33. The van der Waals surface area contributed by atoms with Gasteiger partial charge in [-0.2, -0.15) is 0 Å². The van der Waals surface area contributed by atoms with E-state index in [0.29, 0.717) is 0 Å². The molecular weight excluding hydrogens is 242 g/mol. The summed E-state index contributed by atoms with van der Waals surface area (Å²) in [6.45, 7) is 6.31. The highest BCUT2D eigenvalue weighted by atomic mass is 35.5. The van der Waals surface area contributed by atoms with Crippen LogP contribution in [0.25, 0.3) is 0 Å². The van der Waals surface area contributed by atoms with Crippen LogP contribution in [0.2, 0.25) is 5.02 Å². The topological polar surface area (TPSA) is 12.0 Å².